The summed E-state index contributed by atoms with van der Waals surface area (Å²) >= 11 is 0. The van der Waals surface area contributed by atoms with Crippen LogP contribution in [-0.4, -0.2) is 34.0 Å². The minimum atomic E-state index is 0.255. The topological polar surface area (TPSA) is 52.0 Å². The van der Waals surface area contributed by atoms with Gasteiger partial charge in [-0.2, -0.15) is 0 Å². The number of rotatable bonds is 4. The van der Waals surface area contributed by atoms with Gasteiger partial charge in [0.2, 0.25) is 0 Å². The van der Waals surface area contributed by atoms with Gasteiger partial charge in [-0.05, 0) is 39.0 Å². The monoisotopic (exact) mass is 278 g/mol. The third-order valence-electron chi connectivity index (χ3n) is 4.71. The van der Waals surface area contributed by atoms with Crippen LogP contribution >= 0.6 is 0 Å². The second-order valence-electron chi connectivity index (χ2n) is 6.24. The van der Waals surface area contributed by atoms with Crippen LogP contribution in [0.3, 0.4) is 0 Å². The largest absolute Gasteiger partial charge is 0.381 e. The third-order valence-corrected chi connectivity index (χ3v) is 4.71. The van der Waals surface area contributed by atoms with E-state index in [0.717, 1.165) is 32.0 Å². The van der Waals surface area contributed by atoms with E-state index >= 15 is 0 Å². The van der Waals surface area contributed by atoms with Crippen molar-refractivity contribution in [2.24, 2.45) is 5.92 Å². The van der Waals surface area contributed by atoms with E-state index in [9.17, 15) is 0 Å². The van der Waals surface area contributed by atoms with Crippen molar-refractivity contribution in [3.05, 3.63) is 11.6 Å². The smallest absolute Gasteiger partial charge is 0.149 e. The van der Waals surface area contributed by atoms with Gasteiger partial charge < -0.3 is 14.6 Å². The predicted molar refractivity (Wildman–Crippen MR) is 77.5 cm³/mol. The fourth-order valence-electron chi connectivity index (χ4n) is 3.38. The van der Waals surface area contributed by atoms with Crippen LogP contribution in [0.2, 0.25) is 0 Å². The maximum absolute atomic E-state index is 5.48. The Bertz CT molecular complexity index is 439. The molecule has 0 aromatic carbocycles. The summed E-state index contributed by atoms with van der Waals surface area (Å²) in [5.41, 5.74) is 0. The lowest BCUT2D eigenvalue weighted by Gasteiger charge is -2.24. The van der Waals surface area contributed by atoms with Crippen LogP contribution in [-0.2, 0) is 17.7 Å². The molecule has 3 unspecified atom stereocenters. The molecule has 1 N–H and O–H groups in total. The van der Waals surface area contributed by atoms with Crippen molar-refractivity contribution < 1.29 is 4.74 Å². The van der Waals surface area contributed by atoms with Crippen LogP contribution in [0.15, 0.2) is 0 Å². The maximum Gasteiger partial charge on any atom is 0.149 e. The van der Waals surface area contributed by atoms with E-state index in [2.05, 4.69) is 33.9 Å². The Morgan fingerprint density at radius 3 is 2.95 bits per heavy atom. The number of hydrogen-bond acceptors (Lipinski definition) is 4. The van der Waals surface area contributed by atoms with Crippen molar-refractivity contribution in [2.75, 3.05) is 13.2 Å². The van der Waals surface area contributed by atoms with Crippen LogP contribution in [0.4, 0.5) is 0 Å². The first-order chi connectivity index (χ1) is 9.75. The molecule has 0 bridgehead atoms. The number of nitrogens with zero attached hydrogens (tertiary/aromatic N) is 3. The highest BCUT2D eigenvalue weighted by atomic mass is 16.5. The molecule has 2 aliphatic heterocycles. The third kappa shape index (κ3) is 2.88. The summed E-state index contributed by atoms with van der Waals surface area (Å²) in [6.07, 6.45) is 6.04. The highest BCUT2D eigenvalue weighted by Gasteiger charge is 2.26. The molecule has 0 aliphatic carbocycles. The molecule has 0 saturated carbocycles. The fraction of sp³-hybridized carbons (Fsp3) is 0.867. The molecule has 1 fully saturated rings. The predicted octanol–water partition coefficient (Wildman–Crippen LogP) is 2.08. The lowest BCUT2D eigenvalue weighted by Crippen LogP contribution is -2.36. The second kappa shape index (κ2) is 6.22. The zero-order valence-electron chi connectivity index (χ0n) is 12.6. The molecule has 0 radical (unpaired) electrons. The fourth-order valence-corrected chi connectivity index (χ4v) is 3.38. The van der Waals surface area contributed by atoms with E-state index in [-0.39, 0.29) is 6.04 Å². The first kappa shape index (κ1) is 14.0. The van der Waals surface area contributed by atoms with Gasteiger partial charge in [-0.25, -0.2) is 0 Å². The molecule has 1 saturated heterocycles. The van der Waals surface area contributed by atoms with E-state index in [1.54, 1.807) is 0 Å². The molecule has 2 aliphatic rings. The average Bonchev–Trinajstić information content (AvgIpc) is 3.04. The summed E-state index contributed by atoms with van der Waals surface area (Å²) in [6, 6.07) is 0.719. The Labute approximate surface area is 121 Å². The second-order valence-corrected chi connectivity index (χ2v) is 6.24. The van der Waals surface area contributed by atoms with Gasteiger partial charge in [-0.3, -0.25) is 0 Å². The average molecular weight is 278 g/mol. The number of aromatic nitrogens is 3. The normalized spacial score (nSPS) is 26.0. The Morgan fingerprint density at radius 2 is 2.15 bits per heavy atom. The Kier molecular flexibility index (Phi) is 4.36. The Hall–Kier alpha value is -0.940. The van der Waals surface area contributed by atoms with Gasteiger partial charge in [0, 0.05) is 25.6 Å². The van der Waals surface area contributed by atoms with E-state index in [0.29, 0.717) is 12.0 Å². The zero-order valence-corrected chi connectivity index (χ0v) is 12.6. The molecule has 1 aromatic heterocycles. The SMILES string of the molecule is CC(NC(C)C1CCOC1)c1nnc2n1CCCCC2. The van der Waals surface area contributed by atoms with Crippen molar-refractivity contribution in [1.29, 1.82) is 0 Å². The number of aryl methyl sites for hydroxylation is 1. The van der Waals surface area contributed by atoms with Gasteiger partial charge in [-0.15, -0.1) is 10.2 Å². The molecule has 3 rings (SSSR count). The molecule has 3 heterocycles. The van der Waals surface area contributed by atoms with Crippen molar-refractivity contribution in [1.82, 2.24) is 20.1 Å². The molecule has 3 atom stereocenters. The van der Waals surface area contributed by atoms with Gasteiger partial charge in [0.1, 0.15) is 11.6 Å². The molecule has 0 spiro atoms. The van der Waals surface area contributed by atoms with Gasteiger partial charge in [0.15, 0.2) is 0 Å². The Balaban J connectivity index is 1.67. The summed E-state index contributed by atoms with van der Waals surface area (Å²) in [5.74, 6) is 2.90. The highest BCUT2D eigenvalue weighted by molar-refractivity contribution is 5.02. The molecule has 0 amide bonds. The molecular formula is C15H26N4O. The van der Waals surface area contributed by atoms with E-state index < -0.39 is 0 Å². The van der Waals surface area contributed by atoms with Crippen LogP contribution in [0.5, 0.6) is 0 Å². The maximum atomic E-state index is 5.48. The van der Waals surface area contributed by atoms with Crippen molar-refractivity contribution in [2.45, 2.75) is 64.6 Å². The van der Waals surface area contributed by atoms with Crippen LogP contribution < -0.4 is 5.32 Å². The number of hydrogen-bond donors (Lipinski definition) is 1. The van der Waals surface area contributed by atoms with Gasteiger partial charge >= 0.3 is 0 Å². The van der Waals surface area contributed by atoms with Crippen molar-refractivity contribution in [3.8, 4) is 0 Å². The molecule has 5 nitrogen and oxygen atoms in total. The van der Waals surface area contributed by atoms with Gasteiger partial charge in [-0.1, -0.05) is 6.42 Å². The summed E-state index contributed by atoms with van der Waals surface area (Å²) < 4.78 is 7.82. The first-order valence-electron chi connectivity index (χ1n) is 8.01. The summed E-state index contributed by atoms with van der Waals surface area (Å²) in [6.45, 7) is 7.33. The Morgan fingerprint density at radius 1 is 1.25 bits per heavy atom. The van der Waals surface area contributed by atoms with Crippen molar-refractivity contribution in [3.63, 3.8) is 0 Å². The van der Waals surface area contributed by atoms with E-state index in [4.69, 9.17) is 4.74 Å². The van der Waals surface area contributed by atoms with E-state index in [1.807, 2.05) is 0 Å². The molecular weight excluding hydrogens is 252 g/mol. The number of ether oxygens (including phenoxy) is 1. The van der Waals surface area contributed by atoms with Gasteiger partial charge in [0.05, 0.1) is 12.6 Å². The minimum Gasteiger partial charge on any atom is -0.381 e. The minimum absolute atomic E-state index is 0.255. The quantitative estimate of drug-likeness (QED) is 0.916. The standard InChI is InChI=1S/C15H26N4O/c1-11(13-7-9-20-10-13)16-12(2)15-18-17-14-6-4-3-5-8-19(14)15/h11-13,16H,3-10H2,1-2H3. The number of nitrogens with one attached hydrogen (secondary N) is 1. The molecule has 112 valence electrons. The van der Waals surface area contributed by atoms with Crippen molar-refractivity contribution >= 4 is 0 Å². The van der Waals surface area contributed by atoms with Crippen LogP contribution in [0.1, 0.15) is 57.2 Å². The molecule has 5 heteroatoms. The van der Waals surface area contributed by atoms with Gasteiger partial charge in [0.25, 0.3) is 0 Å². The van der Waals surface area contributed by atoms with E-state index in [1.165, 1.54) is 31.5 Å². The summed E-state index contributed by atoms with van der Waals surface area (Å²) in [4.78, 5) is 0. The van der Waals surface area contributed by atoms with Crippen LogP contribution in [0.25, 0.3) is 0 Å². The first-order valence-corrected chi connectivity index (χ1v) is 8.01. The summed E-state index contributed by atoms with van der Waals surface area (Å²) in [7, 11) is 0. The van der Waals surface area contributed by atoms with Crippen LogP contribution in [0, 0.1) is 5.92 Å². The highest BCUT2D eigenvalue weighted by Crippen LogP contribution is 2.22. The summed E-state index contributed by atoms with van der Waals surface area (Å²) in [5, 5.41) is 12.5. The number of fused-ring (bicyclic) bond motifs is 1. The molecule has 1 aromatic rings. The zero-order chi connectivity index (χ0) is 13.9. The molecule has 20 heavy (non-hydrogen) atoms. The lowest BCUT2D eigenvalue weighted by atomic mass is 10.00. The lowest BCUT2D eigenvalue weighted by molar-refractivity contribution is 0.176.